The summed E-state index contributed by atoms with van der Waals surface area (Å²) in [5, 5.41) is 8.44. The van der Waals surface area contributed by atoms with Gasteiger partial charge in [-0.2, -0.15) is 0 Å². The summed E-state index contributed by atoms with van der Waals surface area (Å²) in [4.78, 5) is 1.78. The Hall–Kier alpha value is -1.41. The Morgan fingerprint density at radius 2 is 1.95 bits per heavy atom. The fraction of sp³-hybridized carbons (Fsp3) is 0.462. The van der Waals surface area contributed by atoms with Crippen molar-refractivity contribution in [3.05, 3.63) is 18.2 Å². The van der Waals surface area contributed by atoms with Gasteiger partial charge >= 0.3 is 0 Å². The summed E-state index contributed by atoms with van der Waals surface area (Å²) in [7, 11) is 0.0970. The zero-order valence-electron chi connectivity index (χ0n) is 11.7. The number of hydrogen-bond donors (Lipinski definition) is 1. The van der Waals surface area contributed by atoms with Crippen molar-refractivity contribution < 1.29 is 17.9 Å². The molecule has 2 aliphatic heterocycles. The van der Waals surface area contributed by atoms with E-state index in [1.807, 2.05) is 6.07 Å². The van der Waals surface area contributed by atoms with Gasteiger partial charge in [0.05, 0.1) is 31.8 Å². The summed E-state index contributed by atoms with van der Waals surface area (Å²) >= 11 is 1.32. The lowest BCUT2D eigenvalue weighted by molar-refractivity contribution is 0.355. The van der Waals surface area contributed by atoms with Gasteiger partial charge in [-0.25, -0.2) is 8.42 Å². The van der Waals surface area contributed by atoms with E-state index in [-0.39, 0.29) is 22.8 Å². The fourth-order valence-electron chi connectivity index (χ4n) is 2.78. The number of amidine groups is 1. The second kappa shape index (κ2) is 5.10. The molecule has 1 aromatic rings. The second-order valence-electron chi connectivity index (χ2n) is 5.01. The van der Waals surface area contributed by atoms with Crippen molar-refractivity contribution in [2.45, 2.75) is 11.3 Å². The van der Waals surface area contributed by atoms with Crippen molar-refractivity contribution in [2.75, 3.05) is 30.6 Å². The molecular formula is C13H16N2O4S2. The van der Waals surface area contributed by atoms with Crippen molar-refractivity contribution >= 4 is 32.5 Å². The maximum absolute atomic E-state index is 11.8. The van der Waals surface area contributed by atoms with E-state index < -0.39 is 9.84 Å². The molecule has 8 heteroatoms. The number of thioether (sulfide) groups is 1. The van der Waals surface area contributed by atoms with Gasteiger partial charge in [-0.3, -0.25) is 5.41 Å². The van der Waals surface area contributed by atoms with E-state index in [1.165, 1.54) is 11.8 Å². The van der Waals surface area contributed by atoms with Crippen LogP contribution in [0.25, 0.3) is 0 Å². The number of fused-ring (bicyclic) bond motifs is 1. The molecule has 21 heavy (non-hydrogen) atoms. The van der Waals surface area contributed by atoms with Crippen molar-refractivity contribution in [3.8, 4) is 11.5 Å². The molecule has 0 unspecified atom stereocenters. The number of methoxy groups -OCH3 is 2. The van der Waals surface area contributed by atoms with Crippen LogP contribution >= 0.6 is 11.8 Å². The minimum Gasteiger partial charge on any atom is -0.493 e. The lowest BCUT2D eigenvalue weighted by Gasteiger charge is -2.24. The third-order valence-electron chi connectivity index (χ3n) is 3.73. The minimum atomic E-state index is -3.01. The molecule has 2 aliphatic rings. The maximum Gasteiger partial charge on any atom is 0.162 e. The molecule has 0 spiro atoms. The Balaban J connectivity index is 1.98. The van der Waals surface area contributed by atoms with Crippen LogP contribution in [0.2, 0.25) is 0 Å². The molecule has 0 radical (unpaired) electrons. The normalized spacial score (nSPS) is 26.8. The van der Waals surface area contributed by atoms with Crippen LogP contribution in [0.5, 0.6) is 11.5 Å². The van der Waals surface area contributed by atoms with Gasteiger partial charge in [0.1, 0.15) is 0 Å². The molecule has 2 fully saturated rings. The van der Waals surface area contributed by atoms with Crippen LogP contribution in [-0.4, -0.2) is 50.6 Å². The van der Waals surface area contributed by atoms with E-state index in [9.17, 15) is 8.42 Å². The topological polar surface area (TPSA) is 79.7 Å². The van der Waals surface area contributed by atoms with Gasteiger partial charge in [-0.1, -0.05) is 11.8 Å². The van der Waals surface area contributed by atoms with Gasteiger partial charge < -0.3 is 14.4 Å². The van der Waals surface area contributed by atoms with E-state index in [0.717, 1.165) is 5.69 Å². The summed E-state index contributed by atoms with van der Waals surface area (Å²) in [6.45, 7) is 0. The van der Waals surface area contributed by atoms with Crippen LogP contribution < -0.4 is 14.4 Å². The fourth-order valence-corrected chi connectivity index (χ4v) is 6.58. The summed E-state index contributed by atoms with van der Waals surface area (Å²) < 4.78 is 34.1. The third kappa shape index (κ3) is 2.46. The Labute approximate surface area is 127 Å². The van der Waals surface area contributed by atoms with Gasteiger partial charge in [-0.15, -0.1) is 0 Å². The van der Waals surface area contributed by atoms with Crippen LogP contribution in [0.4, 0.5) is 5.69 Å². The van der Waals surface area contributed by atoms with Gasteiger partial charge in [0.25, 0.3) is 0 Å². The van der Waals surface area contributed by atoms with Crippen molar-refractivity contribution in [1.82, 2.24) is 0 Å². The van der Waals surface area contributed by atoms with Gasteiger partial charge in [0.15, 0.2) is 26.5 Å². The molecule has 2 saturated heterocycles. The average Bonchev–Trinajstić information content (AvgIpc) is 2.88. The smallest absolute Gasteiger partial charge is 0.162 e. The van der Waals surface area contributed by atoms with E-state index in [4.69, 9.17) is 14.9 Å². The standard InChI is InChI=1S/C13H16N2O4S2/c1-18-10-4-3-8(5-11(10)19-2)15-9-6-21(16,17)7-12(9)20-13(15)14/h3-5,9,12,14H,6-7H2,1-2H3/t9-,12+/m0/s1. The first-order chi connectivity index (χ1) is 9.95. The minimum absolute atomic E-state index is 0.0596. The maximum atomic E-state index is 11.8. The third-order valence-corrected chi connectivity index (χ3v) is 6.86. The van der Waals surface area contributed by atoms with Gasteiger partial charge in [-0.05, 0) is 12.1 Å². The van der Waals surface area contributed by atoms with E-state index in [1.54, 1.807) is 31.3 Å². The predicted molar refractivity (Wildman–Crippen MR) is 83.6 cm³/mol. The van der Waals surface area contributed by atoms with E-state index in [2.05, 4.69) is 0 Å². The van der Waals surface area contributed by atoms with E-state index >= 15 is 0 Å². The Bertz CT molecular complexity index is 689. The molecular weight excluding hydrogens is 312 g/mol. The summed E-state index contributed by atoms with van der Waals surface area (Å²) in [6.07, 6.45) is 0. The number of sulfone groups is 1. The molecule has 0 bridgehead atoms. The first-order valence-corrected chi connectivity index (χ1v) is 9.12. The van der Waals surface area contributed by atoms with Crippen molar-refractivity contribution in [2.24, 2.45) is 0 Å². The van der Waals surface area contributed by atoms with Crippen LogP contribution in [0, 0.1) is 5.41 Å². The molecule has 2 heterocycles. The molecule has 2 atom stereocenters. The highest BCUT2D eigenvalue weighted by molar-refractivity contribution is 8.15. The number of nitrogens with zero attached hydrogens (tertiary/aromatic N) is 1. The van der Waals surface area contributed by atoms with Crippen LogP contribution in [0.15, 0.2) is 18.2 Å². The number of rotatable bonds is 3. The number of hydrogen-bond acceptors (Lipinski definition) is 6. The largest absolute Gasteiger partial charge is 0.493 e. The molecule has 6 nitrogen and oxygen atoms in total. The molecule has 114 valence electrons. The van der Waals surface area contributed by atoms with Crippen molar-refractivity contribution in [1.29, 1.82) is 5.41 Å². The molecule has 3 rings (SSSR count). The summed E-state index contributed by atoms with van der Waals surface area (Å²) in [5.41, 5.74) is 0.759. The highest BCUT2D eigenvalue weighted by atomic mass is 32.2. The molecule has 0 amide bonds. The number of benzene rings is 1. The Morgan fingerprint density at radius 1 is 1.24 bits per heavy atom. The first kappa shape index (κ1) is 14.5. The molecule has 1 N–H and O–H groups in total. The second-order valence-corrected chi connectivity index (χ2v) is 8.40. The Kier molecular flexibility index (Phi) is 3.53. The van der Waals surface area contributed by atoms with Crippen LogP contribution in [0.1, 0.15) is 0 Å². The summed E-state index contributed by atoms with van der Waals surface area (Å²) in [5.74, 6) is 1.42. The predicted octanol–water partition coefficient (Wildman–Crippen LogP) is 1.36. The lowest BCUT2D eigenvalue weighted by Crippen LogP contribution is -2.37. The Morgan fingerprint density at radius 3 is 2.62 bits per heavy atom. The van der Waals surface area contributed by atoms with Gasteiger partial charge in [0.2, 0.25) is 0 Å². The SMILES string of the molecule is COc1ccc(N2C(=N)S[C@@H]3CS(=O)(=O)C[C@@H]32)cc1OC. The molecule has 1 aromatic carbocycles. The molecule has 0 aromatic heterocycles. The highest BCUT2D eigenvalue weighted by Gasteiger charge is 2.48. The highest BCUT2D eigenvalue weighted by Crippen LogP contribution is 2.42. The van der Waals surface area contributed by atoms with Crippen LogP contribution in [-0.2, 0) is 9.84 Å². The first-order valence-electron chi connectivity index (χ1n) is 6.42. The van der Waals surface area contributed by atoms with Gasteiger partial charge in [0, 0.05) is 17.0 Å². The van der Waals surface area contributed by atoms with Crippen molar-refractivity contribution in [3.63, 3.8) is 0 Å². The number of ether oxygens (including phenoxy) is 2. The molecule has 0 aliphatic carbocycles. The quantitative estimate of drug-likeness (QED) is 0.902. The lowest BCUT2D eigenvalue weighted by atomic mass is 10.2. The zero-order chi connectivity index (χ0) is 15.2. The average molecular weight is 328 g/mol. The number of anilines is 1. The zero-order valence-corrected chi connectivity index (χ0v) is 13.3. The monoisotopic (exact) mass is 328 g/mol. The number of nitrogens with one attached hydrogen (secondary N) is 1. The molecule has 0 saturated carbocycles. The van der Waals surface area contributed by atoms with E-state index in [0.29, 0.717) is 16.7 Å². The summed E-state index contributed by atoms with van der Waals surface area (Å²) in [6, 6.07) is 5.19. The van der Waals surface area contributed by atoms with Crippen LogP contribution in [0.3, 0.4) is 0 Å².